The molecule has 0 aromatic heterocycles. The van der Waals surface area contributed by atoms with E-state index in [0.717, 1.165) is 13.1 Å². The van der Waals surface area contributed by atoms with Gasteiger partial charge >= 0.3 is 6.09 Å². The Bertz CT molecular complexity index is 367. The third kappa shape index (κ3) is 2.36. The van der Waals surface area contributed by atoms with Crippen molar-refractivity contribution in [2.24, 2.45) is 11.3 Å². The summed E-state index contributed by atoms with van der Waals surface area (Å²) < 4.78 is 5.32. The van der Waals surface area contributed by atoms with Crippen molar-refractivity contribution in [1.82, 2.24) is 10.2 Å². The number of nitrogens with zero attached hydrogens (tertiary/aromatic N) is 1. The third-order valence-corrected chi connectivity index (χ3v) is 3.72. The normalized spacial score (nSPS) is 26.0. The Morgan fingerprint density at radius 2 is 1.94 bits per heavy atom. The molecule has 5 nitrogen and oxygen atoms in total. The van der Waals surface area contributed by atoms with Crippen molar-refractivity contribution in [3.8, 4) is 0 Å². The number of ether oxygens (including phenoxy) is 1. The van der Waals surface area contributed by atoms with Gasteiger partial charge in [0.1, 0.15) is 11.4 Å². The molecule has 1 spiro atoms. The van der Waals surface area contributed by atoms with Gasteiger partial charge < -0.3 is 15.0 Å². The second-order valence-electron chi connectivity index (χ2n) is 6.49. The highest BCUT2D eigenvalue weighted by Gasteiger charge is 2.55. The van der Waals surface area contributed by atoms with E-state index in [-0.39, 0.29) is 23.2 Å². The predicted octanol–water partition coefficient (Wildman–Crippen LogP) is 1.03. The zero-order chi connectivity index (χ0) is 13.6. The first-order chi connectivity index (χ1) is 8.23. The van der Waals surface area contributed by atoms with Gasteiger partial charge in [0.05, 0.1) is 0 Å². The fraction of sp³-hybridized carbons (Fsp3) is 0.846. The van der Waals surface area contributed by atoms with E-state index in [0.29, 0.717) is 13.1 Å². The number of Topliss-reactive ketones (excluding diaryl/α,β-unsaturated/α-hetero) is 1. The molecule has 1 N–H and O–H groups in total. The molecule has 0 radical (unpaired) electrons. The SMILES string of the molecule is CC(=O)C1CNCC12CN(C(=O)OC(C)(C)C)C2. The van der Waals surface area contributed by atoms with Crippen molar-refractivity contribution in [1.29, 1.82) is 0 Å². The molecule has 2 aliphatic heterocycles. The van der Waals surface area contributed by atoms with Gasteiger partial charge in [0.25, 0.3) is 0 Å². The van der Waals surface area contributed by atoms with Gasteiger partial charge in [0, 0.05) is 37.5 Å². The van der Waals surface area contributed by atoms with E-state index in [1.54, 1.807) is 11.8 Å². The maximum atomic E-state index is 11.9. The Hall–Kier alpha value is -1.10. The van der Waals surface area contributed by atoms with Crippen molar-refractivity contribution in [2.45, 2.75) is 33.3 Å². The van der Waals surface area contributed by atoms with Crippen LogP contribution in [-0.4, -0.2) is 48.6 Å². The average Bonchev–Trinajstić information content (AvgIpc) is 2.55. The number of carbonyl (C=O) groups is 2. The lowest BCUT2D eigenvalue weighted by Crippen LogP contribution is -2.63. The van der Waals surface area contributed by atoms with Gasteiger partial charge in [-0.25, -0.2) is 4.79 Å². The third-order valence-electron chi connectivity index (χ3n) is 3.72. The predicted molar refractivity (Wildman–Crippen MR) is 67.3 cm³/mol. The fourth-order valence-corrected chi connectivity index (χ4v) is 2.88. The Labute approximate surface area is 108 Å². The van der Waals surface area contributed by atoms with Crippen LogP contribution in [0.25, 0.3) is 0 Å². The van der Waals surface area contributed by atoms with Crippen LogP contribution in [0.15, 0.2) is 0 Å². The summed E-state index contributed by atoms with van der Waals surface area (Å²) in [5.41, 5.74) is -0.517. The quantitative estimate of drug-likeness (QED) is 0.759. The summed E-state index contributed by atoms with van der Waals surface area (Å²) in [7, 11) is 0. The summed E-state index contributed by atoms with van der Waals surface area (Å²) in [6.07, 6.45) is -0.276. The number of nitrogens with one attached hydrogen (secondary N) is 1. The maximum absolute atomic E-state index is 11.9. The Kier molecular flexibility index (Phi) is 3.13. The zero-order valence-corrected chi connectivity index (χ0v) is 11.6. The monoisotopic (exact) mass is 254 g/mol. The van der Waals surface area contributed by atoms with E-state index in [2.05, 4.69) is 5.32 Å². The van der Waals surface area contributed by atoms with Crippen LogP contribution in [-0.2, 0) is 9.53 Å². The summed E-state index contributed by atoms with van der Waals surface area (Å²) in [5.74, 6) is 0.250. The summed E-state index contributed by atoms with van der Waals surface area (Å²) >= 11 is 0. The first-order valence-corrected chi connectivity index (χ1v) is 6.43. The van der Waals surface area contributed by atoms with Gasteiger partial charge in [0.15, 0.2) is 0 Å². The van der Waals surface area contributed by atoms with Crippen molar-refractivity contribution in [3.05, 3.63) is 0 Å². The minimum atomic E-state index is -0.465. The van der Waals surface area contributed by atoms with Gasteiger partial charge in [-0.15, -0.1) is 0 Å². The highest BCUT2D eigenvalue weighted by Crippen LogP contribution is 2.41. The molecule has 1 unspecified atom stereocenters. The Morgan fingerprint density at radius 3 is 2.44 bits per heavy atom. The number of amides is 1. The van der Waals surface area contributed by atoms with Gasteiger partial charge in [0.2, 0.25) is 0 Å². The van der Waals surface area contributed by atoms with E-state index in [9.17, 15) is 9.59 Å². The van der Waals surface area contributed by atoms with Crippen LogP contribution in [0, 0.1) is 11.3 Å². The molecule has 5 heteroatoms. The molecule has 0 aliphatic carbocycles. The Morgan fingerprint density at radius 1 is 1.33 bits per heavy atom. The van der Waals surface area contributed by atoms with Crippen LogP contribution < -0.4 is 5.32 Å². The van der Waals surface area contributed by atoms with Crippen LogP contribution >= 0.6 is 0 Å². The maximum Gasteiger partial charge on any atom is 0.410 e. The van der Waals surface area contributed by atoms with Crippen LogP contribution in [0.5, 0.6) is 0 Å². The molecule has 1 amide bonds. The molecule has 18 heavy (non-hydrogen) atoms. The molecule has 0 aromatic rings. The summed E-state index contributed by atoms with van der Waals surface area (Å²) in [6, 6.07) is 0. The second-order valence-corrected chi connectivity index (χ2v) is 6.49. The molecule has 102 valence electrons. The average molecular weight is 254 g/mol. The van der Waals surface area contributed by atoms with Crippen molar-refractivity contribution < 1.29 is 14.3 Å². The number of likely N-dealkylation sites (tertiary alicyclic amines) is 1. The van der Waals surface area contributed by atoms with Crippen LogP contribution in [0.1, 0.15) is 27.7 Å². The molecular formula is C13H22N2O3. The molecule has 0 bridgehead atoms. The summed E-state index contributed by atoms with van der Waals surface area (Å²) in [5, 5.41) is 3.25. The fourth-order valence-electron chi connectivity index (χ4n) is 2.88. The minimum Gasteiger partial charge on any atom is -0.444 e. The van der Waals surface area contributed by atoms with E-state index in [4.69, 9.17) is 4.74 Å². The van der Waals surface area contributed by atoms with Crippen molar-refractivity contribution in [3.63, 3.8) is 0 Å². The molecule has 2 fully saturated rings. The lowest BCUT2D eigenvalue weighted by molar-refractivity contribution is -0.128. The number of rotatable bonds is 1. The highest BCUT2D eigenvalue weighted by molar-refractivity contribution is 5.81. The van der Waals surface area contributed by atoms with Crippen LogP contribution in [0.4, 0.5) is 4.79 Å². The summed E-state index contributed by atoms with van der Waals surface area (Å²) in [6.45, 7) is 10.0. The van der Waals surface area contributed by atoms with Crippen molar-refractivity contribution in [2.75, 3.05) is 26.2 Å². The standard InChI is InChI=1S/C13H22N2O3/c1-9(16)10-5-14-6-13(10)7-15(8-13)11(17)18-12(2,3)4/h10,14H,5-8H2,1-4H3. The van der Waals surface area contributed by atoms with Crippen molar-refractivity contribution >= 4 is 11.9 Å². The smallest absolute Gasteiger partial charge is 0.410 e. The van der Waals surface area contributed by atoms with Gasteiger partial charge in [-0.1, -0.05) is 0 Å². The number of ketones is 1. The lowest BCUT2D eigenvalue weighted by Gasteiger charge is -2.50. The lowest BCUT2D eigenvalue weighted by atomic mass is 9.70. The van der Waals surface area contributed by atoms with E-state index in [1.807, 2.05) is 20.8 Å². The molecule has 1 atom stereocenters. The topological polar surface area (TPSA) is 58.6 Å². The number of hydrogen-bond donors (Lipinski definition) is 1. The number of hydrogen-bond acceptors (Lipinski definition) is 4. The summed E-state index contributed by atoms with van der Waals surface area (Å²) in [4.78, 5) is 25.1. The molecule has 2 rings (SSSR count). The van der Waals surface area contributed by atoms with E-state index in [1.165, 1.54) is 0 Å². The molecule has 0 saturated carbocycles. The molecule has 2 aliphatic rings. The minimum absolute atomic E-state index is 0.0381. The molecule has 2 heterocycles. The van der Waals surface area contributed by atoms with Gasteiger partial charge in [-0.05, 0) is 27.7 Å². The molecule has 0 aromatic carbocycles. The largest absolute Gasteiger partial charge is 0.444 e. The zero-order valence-electron chi connectivity index (χ0n) is 11.6. The second kappa shape index (κ2) is 4.23. The van der Waals surface area contributed by atoms with Gasteiger partial charge in [-0.2, -0.15) is 0 Å². The first kappa shape index (κ1) is 13.3. The van der Waals surface area contributed by atoms with E-state index < -0.39 is 5.60 Å². The van der Waals surface area contributed by atoms with E-state index >= 15 is 0 Å². The molecule has 2 saturated heterocycles. The van der Waals surface area contributed by atoms with Crippen LogP contribution in [0.2, 0.25) is 0 Å². The Balaban J connectivity index is 1.93. The van der Waals surface area contributed by atoms with Crippen LogP contribution in [0.3, 0.4) is 0 Å². The molecular weight excluding hydrogens is 232 g/mol. The first-order valence-electron chi connectivity index (χ1n) is 6.43. The number of carbonyl (C=O) groups excluding carboxylic acids is 2. The highest BCUT2D eigenvalue weighted by atomic mass is 16.6. The van der Waals surface area contributed by atoms with Gasteiger partial charge in [-0.3, -0.25) is 4.79 Å².